The lowest BCUT2D eigenvalue weighted by Crippen LogP contribution is -2.26. The van der Waals surface area contributed by atoms with E-state index in [1.807, 2.05) is 30.3 Å². The molecule has 0 fully saturated rings. The standard InChI is InChI=1S/C18H15NO2/c1-14(20)16-10-6-7-11-17(16)19(2)18(21)13-12-15-8-4-3-5-9-15/h3-11H,1-2H3. The highest BCUT2D eigenvalue weighted by Gasteiger charge is 2.14. The van der Waals surface area contributed by atoms with Crippen LogP contribution in [0.4, 0.5) is 5.69 Å². The number of hydrogen-bond donors (Lipinski definition) is 0. The van der Waals surface area contributed by atoms with Gasteiger partial charge in [-0.2, -0.15) is 0 Å². The highest BCUT2D eigenvalue weighted by Crippen LogP contribution is 2.19. The minimum atomic E-state index is -0.354. The SMILES string of the molecule is CC(=O)c1ccccc1N(C)C(=O)C#Cc1ccccc1. The molecule has 0 aliphatic carbocycles. The summed E-state index contributed by atoms with van der Waals surface area (Å²) < 4.78 is 0. The van der Waals surface area contributed by atoms with Crippen molar-refractivity contribution in [2.24, 2.45) is 0 Å². The molecule has 104 valence electrons. The lowest BCUT2D eigenvalue weighted by Gasteiger charge is -2.16. The van der Waals surface area contributed by atoms with Crippen molar-refractivity contribution in [3.8, 4) is 11.8 Å². The number of amides is 1. The van der Waals surface area contributed by atoms with Gasteiger partial charge in [0.1, 0.15) is 0 Å². The summed E-state index contributed by atoms with van der Waals surface area (Å²) in [6.07, 6.45) is 0. The molecule has 0 heterocycles. The van der Waals surface area contributed by atoms with E-state index >= 15 is 0 Å². The molecule has 0 saturated carbocycles. The average Bonchev–Trinajstić information content (AvgIpc) is 2.52. The maximum absolute atomic E-state index is 12.1. The predicted octanol–water partition coefficient (Wildman–Crippen LogP) is 2.90. The number of rotatable bonds is 2. The Morgan fingerprint density at radius 1 is 0.952 bits per heavy atom. The second-order valence-corrected chi connectivity index (χ2v) is 4.55. The van der Waals surface area contributed by atoms with Crippen LogP contribution in [0, 0.1) is 11.8 Å². The first-order valence-electron chi connectivity index (χ1n) is 6.54. The molecule has 0 aliphatic heterocycles. The molecule has 2 aromatic carbocycles. The molecule has 2 aromatic rings. The van der Waals surface area contributed by atoms with E-state index in [4.69, 9.17) is 0 Å². The topological polar surface area (TPSA) is 37.4 Å². The first kappa shape index (κ1) is 14.5. The van der Waals surface area contributed by atoms with Crippen LogP contribution in [0.5, 0.6) is 0 Å². The molecule has 0 saturated heterocycles. The van der Waals surface area contributed by atoms with Crippen LogP contribution in [0.1, 0.15) is 22.8 Å². The lowest BCUT2D eigenvalue weighted by molar-refractivity contribution is -0.113. The van der Waals surface area contributed by atoms with Crippen LogP contribution in [0.3, 0.4) is 0 Å². The number of carbonyl (C=O) groups excluding carboxylic acids is 2. The normalized spacial score (nSPS) is 9.43. The number of hydrogen-bond acceptors (Lipinski definition) is 2. The third-order valence-electron chi connectivity index (χ3n) is 3.04. The van der Waals surface area contributed by atoms with Crippen molar-refractivity contribution in [3.05, 3.63) is 65.7 Å². The third-order valence-corrected chi connectivity index (χ3v) is 3.04. The molecule has 0 bridgehead atoms. The van der Waals surface area contributed by atoms with Crippen LogP contribution in [-0.4, -0.2) is 18.7 Å². The minimum Gasteiger partial charge on any atom is -0.304 e. The maximum atomic E-state index is 12.1. The Morgan fingerprint density at radius 2 is 1.57 bits per heavy atom. The maximum Gasteiger partial charge on any atom is 0.303 e. The van der Waals surface area contributed by atoms with Crippen LogP contribution in [-0.2, 0) is 4.79 Å². The summed E-state index contributed by atoms with van der Waals surface area (Å²) in [7, 11) is 1.61. The van der Waals surface area contributed by atoms with E-state index in [9.17, 15) is 9.59 Å². The van der Waals surface area contributed by atoms with E-state index in [1.165, 1.54) is 11.8 Å². The Kier molecular flexibility index (Phi) is 4.53. The first-order chi connectivity index (χ1) is 10.1. The summed E-state index contributed by atoms with van der Waals surface area (Å²) >= 11 is 0. The Morgan fingerprint density at radius 3 is 2.24 bits per heavy atom. The van der Waals surface area contributed by atoms with Crippen molar-refractivity contribution < 1.29 is 9.59 Å². The van der Waals surface area contributed by atoms with Crippen molar-refractivity contribution in [1.82, 2.24) is 0 Å². The molecular formula is C18H15NO2. The molecule has 3 nitrogen and oxygen atoms in total. The summed E-state index contributed by atoms with van der Waals surface area (Å²) in [5.74, 6) is 4.97. The second-order valence-electron chi connectivity index (χ2n) is 4.55. The molecular weight excluding hydrogens is 262 g/mol. The van der Waals surface area contributed by atoms with E-state index in [0.717, 1.165) is 5.56 Å². The fourth-order valence-electron chi connectivity index (χ4n) is 1.90. The number of anilines is 1. The van der Waals surface area contributed by atoms with Crippen molar-refractivity contribution in [2.45, 2.75) is 6.92 Å². The molecule has 0 atom stereocenters. The summed E-state index contributed by atoms with van der Waals surface area (Å²) in [4.78, 5) is 25.1. The van der Waals surface area contributed by atoms with E-state index in [-0.39, 0.29) is 11.7 Å². The summed E-state index contributed by atoms with van der Waals surface area (Å²) in [5.41, 5.74) is 1.85. The van der Waals surface area contributed by atoms with Crippen molar-refractivity contribution in [1.29, 1.82) is 0 Å². The molecule has 0 N–H and O–H groups in total. The predicted molar refractivity (Wildman–Crippen MR) is 83.2 cm³/mol. The van der Waals surface area contributed by atoms with Gasteiger partial charge >= 0.3 is 5.91 Å². The van der Waals surface area contributed by atoms with Crippen LogP contribution in [0.15, 0.2) is 54.6 Å². The number of carbonyl (C=O) groups is 2. The van der Waals surface area contributed by atoms with Gasteiger partial charge < -0.3 is 4.90 Å². The van der Waals surface area contributed by atoms with Crippen LogP contribution in [0.25, 0.3) is 0 Å². The zero-order valence-electron chi connectivity index (χ0n) is 12.0. The molecule has 0 spiro atoms. The number of benzene rings is 2. The molecule has 0 unspecified atom stereocenters. The summed E-state index contributed by atoms with van der Waals surface area (Å²) in [6, 6.07) is 16.3. The number of ketones is 1. The van der Waals surface area contributed by atoms with Crippen molar-refractivity contribution in [2.75, 3.05) is 11.9 Å². The van der Waals surface area contributed by atoms with Crippen LogP contribution < -0.4 is 4.90 Å². The quantitative estimate of drug-likeness (QED) is 0.625. The average molecular weight is 277 g/mol. The van der Waals surface area contributed by atoms with Crippen LogP contribution in [0.2, 0.25) is 0 Å². The van der Waals surface area contributed by atoms with E-state index in [0.29, 0.717) is 11.3 Å². The molecule has 1 amide bonds. The van der Waals surface area contributed by atoms with Gasteiger partial charge in [0.25, 0.3) is 0 Å². The van der Waals surface area contributed by atoms with Crippen molar-refractivity contribution >= 4 is 17.4 Å². The summed E-state index contributed by atoms with van der Waals surface area (Å²) in [6.45, 7) is 1.48. The monoisotopic (exact) mass is 277 g/mol. The zero-order valence-corrected chi connectivity index (χ0v) is 12.0. The smallest absolute Gasteiger partial charge is 0.303 e. The fourth-order valence-corrected chi connectivity index (χ4v) is 1.90. The molecule has 0 aliphatic rings. The van der Waals surface area contributed by atoms with E-state index < -0.39 is 0 Å². The number of Topliss-reactive ketones (excluding diaryl/α,β-unsaturated/α-hetero) is 1. The molecule has 3 heteroatoms. The Hall–Kier alpha value is -2.86. The lowest BCUT2D eigenvalue weighted by atomic mass is 10.1. The van der Waals surface area contributed by atoms with Gasteiger partial charge in [-0.15, -0.1) is 0 Å². The van der Waals surface area contributed by atoms with Gasteiger partial charge in [0.05, 0.1) is 5.69 Å². The largest absolute Gasteiger partial charge is 0.304 e. The van der Waals surface area contributed by atoms with Gasteiger partial charge in [-0.3, -0.25) is 9.59 Å². The van der Waals surface area contributed by atoms with Gasteiger partial charge in [-0.25, -0.2) is 0 Å². The minimum absolute atomic E-state index is 0.0822. The Bertz CT molecular complexity index is 724. The van der Waals surface area contributed by atoms with Crippen molar-refractivity contribution in [3.63, 3.8) is 0 Å². The molecule has 0 radical (unpaired) electrons. The van der Waals surface area contributed by atoms with Gasteiger partial charge in [0, 0.05) is 24.1 Å². The number of para-hydroxylation sites is 1. The van der Waals surface area contributed by atoms with Gasteiger partial charge in [-0.05, 0) is 31.2 Å². The molecule has 0 aromatic heterocycles. The third kappa shape index (κ3) is 3.58. The van der Waals surface area contributed by atoms with Gasteiger partial charge in [-0.1, -0.05) is 36.3 Å². The summed E-state index contributed by atoms with van der Waals surface area (Å²) in [5, 5.41) is 0. The fraction of sp³-hybridized carbons (Fsp3) is 0.111. The Labute approximate surface area is 124 Å². The van der Waals surface area contributed by atoms with E-state index in [2.05, 4.69) is 11.8 Å². The molecule has 21 heavy (non-hydrogen) atoms. The highest BCUT2D eigenvalue weighted by molar-refractivity contribution is 6.10. The highest BCUT2D eigenvalue weighted by atomic mass is 16.2. The molecule has 2 rings (SSSR count). The van der Waals surface area contributed by atoms with E-state index in [1.54, 1.807) is 31.3 Å². The first-order valence-corrected chi connectivity index (χ1v) is 6.54. The Balaban J connectivity index is 2.25. The van der Waals surface area contributed by atoms with Gasteiger partial charge in [0.2, 0.25) is 0 Å². The van der Waals surface area contributed by atoms with Gasteiger partial charge in [0.15, 0.2) is 5.78 Å². The zero-order chi connectivity index (χ0) is 15.2. The van der Waals surface area contributed by atoms with Crippen LogP contribution >= 0.6 is 0 Å². The number of nitrogens with zero attached hydrogens (tertiary/aromatic N) is 1. The second kappa shape index (κ2) is 6.53.